The highest BCUT2D eigenvalue weighted by Gasteiger charge is 2.21. The van der Waals surface area contributed by atoms with E-state index >= 15 is 0 Å². The van der Waals surface area contributed by atoms with E-state index in [1.165, 1.54) is 27.8 Å². The molecule has 2 aromatic carbocycles. The smallest absolute Gasteiger partial charge is 0.329 e. The number of rotatable bonds is 6. The molecule has 0 aliphatic heterocycles. The number of benzene rings is 2. The maximum absolute atomic E-state index is 13.3. The number of hydrogen-bond acceptors (Lipinski definition) is 5. The number of halogens is 1. The Morgan fingerprint density at radius 1 is 1.12 bits per heavy atom. The fraction of sp³-hybridized carbons (Fsp3) is 0.240. The fourth-order valence-corrected chi connectivity index (χ4v) is 4.58. The van der Waals surface area contributed by atoms with Gasteiger partial charge in [-0.3, -0.25) is 9.36 Å². The molecule has 1 atom stereocenters. The van der Waals surface area contributed by atoms with E-state index in [2.05, 4.69) is 31.0 Å². The lowest BCUT2D eigenvalue weighted by Crippen LogP contribution is -2.29. The van der Waals surface area contributed by atoms with Gasteiger partial charge in [0.05, 0.1) is 11.7 Å². The Labute approximate surface area is 195 Å². The summed E-state index contributed by atoms with van der Waals surface area (Å²) in [5.41, 5.74) is 3.45. The number of nitrogens with zero attached hydrogens (tertiary/aromatic N) is 2. The van der Waals surface area contributed by atoms with E-state index in [0.717, 1.165) is 11.1 Å². The minimum Gasteiger partial charge on any atom is -0.459 e. The Balaban J connectivity index is 1.63. The normalized spacial score (nSPS) is 12.3. The second-order valence-corrected chi connectivity index (χ2v) is 9.20. The second-order valence-electron chi connectivity index (χ2n) is 7.94. The Kier molecular flexibility index (Phi) is 6.44. The molecule has 2 heterocycles. The molecular formula is C25H23ClN2O3S. The summed E-state index contributed by atoms with van der Waals surface area (Å²) in [6, 6.07) is 14.5. The molecule has 0 saturated heterocycles. The number of aromatic nitrogens is 2. The summed E-state index contributed by atoms with van der Waals surface area (Å²) >= 11 is 7.55. The molecule has 0 fully saturated rings. The number of esters is 1. The first kappa shape index (κ1) is 22.2. The first-order valence-corrected chi connectivity index (χ1v) is 11.6. The molecule has 0 N–H and O–H groups in total. The predicted molar refractivity (Wildman–Crippen MR) is 129 cm³/mol. The van der Waals surface area contributed by atoms with Crippen molar-refractivity contribution in [2.24, 2.45) is 0 Å². The summed E-state index contributed by atoms with van der Waals surface area (Å²) < 4.78 is 6.75. The van der Waals surface area contributed by atoms with Gasteiger partial charge >= 0.3 is 5.97 Å². The van der Waals surface area contributed by atoms with Gasteiger partial charge in [0.25, 0.3) is 5.56 Å². The summed E-state index contributed by atoms with van der Waals surface area (Å²) in [6.45, 7) is 5.96. The minimum absolute atomic E-state index is 0.0408. The average molecular weight is 467 g/mol. The average Bonchev–Trinajstić information content (AvgIpc) is 3.23. The highest BCUT2D eigenvalue weighted by atomic mass is 35.5. The van der Waals surface area contributed by atoms with Gasteiger partial charge in [-0.15, -0.1) is 11.3 Å². The number of carbonyl (C=O) groups is 1. The lowest BCUT2D eigenvalue weighted by molar-refractivity contribution is -0.148. The van der Waals surface area contributed by atoms with Crippen molar-refractivity contribution in [3.63, 3.8) is 0 Å². The summed E-state index contributed by atoms with van der Waals surface area (Å²) in [6.07, 6.45) is 1.41. The molecule has 4 rings (SSSR count). The van der Waals surface area contributed by atoms with Crippen LogP contribution >= 0.6 is 22.9 Å². The van der Waals surface area contributed by atoms with Crippen molar-refractivity contribution in [1.29, 1.82) is 0 Å². The van der Waals surface area contributed by atoms with E-state index < -0.39 is 12.0 Å². The summed E-state index contributed by atoms with van der Waals surface area (Å²) in [5.74, 6) is -0.0916. The van der Waals surface area contributed by atoms with Crippen LogP contribution in [0.1, 0.15) is 43.9 Å². The van der Waals surface area contributed by atoms with Gasteiger partial charge in [-0.1, -0.05) is 67.9 Å². The lowest BCUT2D eigenvalue weighted by Gasteiger charge is -2.15. The van der Waals surface area contributed by atoms with Crippen LogP contribution in [0.25, 0.3) is 21.3 Å². The maximum atomic E-state index is 13.3. The molecule has 0 aliphatic carbocycles. The molecule has 0 aliphatic rings. The second kappa shape index (κ2) is 9.27. The van der Waals surface area contributed by atoms with Gasteiger partial charge < -0.3 is 4.74 Å². The van der Waals surface area contributed by atoms with Crippen molar-refractivity contribution in [2.75, 3.05) is 0 Å². The molecule has 5 nitrogen and oxygen atoms in total. The molecule has 0 saturated carbocycles. The minimum atomic E-state index is -0.821. The summed E-state index contributed by atoms with van der Waals surface area (Å²) in [5, 5.41) is 2.98. The van der Waals surface area contributed by atoms with Gasteiger partial charge in [0.2, 0.25) is 0 Å². The Bertz CT molecular complexity index is 1330. The van der Waals surface area contributed by atoms with Crippen LogP contribution < -0.4 is 5.56 Å². The van der Waals surface area contributed by atoms with Crippen LogP contribution in [0, 0.1) is 0 Å². The SMILES string of the molecule is CC(C)c1ccc(-c2csc3ncn(C(C)C(=O)OCc4ccccc4Cl)c(=O)c23)cc1. The number of thiophene rings is 1. The molecule has 0 amide bonds. The van der Waals surface area contributed by atoms with Crippen molar-refractivity contribution in [1.82, 2.24) is 9.55 Å². The van der Waals surface area contributed by atoms with Crippen LogP contribution in [-0.2, 0) is 16.1 Å². The zero-order chi connectivity index (χ0) is 22.8. The van der Waals surface area contributed by atoms with Crippen LogP contribution in [-0.4, -0.2) is 15.5 Å². The zero-order valence-electron chi connectivity index (χ0n) is 18.0. The Morgan fingerprint density at radius 2 is 1.84 bits per heavy atom. The monoisotopic (exact) mass is 466 g/mol. The molecule has 0 spiro atoms. The van der Waals surface area contributed by atoms with Crippen molar-refractivity contribution in [3.8, 4) is 11.1 Å². The topological polar surface area (TPSA) is 61.2 Å². The van der Waals surface area contributed by atoms with E-state index in [4.69, 9.17) is 16.3 Å². The maximum Gasteiger partial charge on any atom is 0.329 e. The lowest BCUT2D eigenvalue weighted by atomic mass is 9.99. The number of ether oxygens (including phenoxy) is 1. The van der Waals surface area contributed by atoms with E-state index in [0.29, 0.717) is 26.7 Å². The van der Waals surface area contributed by atoms with Gasteiger partial charge in [-0.05, 0) is 30.0 Å². The third-order valence-electron chi connectivity index (χ3n) is 5.49. The van der Waals surface area contributed by atoms with Crippen molar-refractivity contribution >= 4 is 39.1 Å². The van der Waals surface area contributed by atoms with Gasteiger partial charge in [0.15, 0.2) is 0 Å². The van der Waals surface area contributed by atoms with Crippen LogP contribution in [0.4, 0.5) is 0 Å². The fourth-order valence-electron chi connectivity index (χ4n) is 3.48. The Morgan fingerprint density at radius 3 is 2.53 bits per heavy atom. The highest BCUT2D eigenvalue weighted by Crippen LogP contribution is 2.31. The van der Waals surface area contributed by atoms with Gasteiger partial charge in [0, 0.05) is 21.5 Å². The number of fused-ring (bicyclic) bond motifs is 1. The third kappa shape index (κ3) is 4.33. The number of carbonyl (C=O) groups excluding carboxylic acids is 1. The summed E-state index contributed by atoms with van der Waals surface area (Å²) in [4.78, 5) is 31.1. The van der Waals surface area contributed by atoms with Crippen molar-refractivity contribution < 1.29 is 9.53 Å². The first-order chi connectivity index (χ1) is 15.4. The van der Waals surface area contributed by atoms with Crippen LogP contribution in [0.15, 0.2) is 65.0 Å². The Hall–Kier alpha value is -2.96. The third-order valence-corrected chi connectivity index (χ3v) is 6.75. The molecular weight excluding hydrogens is 444 g/mol. The standard InChI is InChI=1S/C25H23ClN2O3S/c1-15(2)17-8-10-18(11-9-17)20-13-32-23-22(20)24(29)28(14-27-23)16(3)25(30)31-12-19-6-4-5-7-21(19)26/h4-11,13-16H,12H2,1-3H3. The molecule has 7 heteroatoms. The van der Waals surface area contributed by atoms with Gasteiger partial charge in [-0.2, -0.15) is 0 Å². The molecule has 0 bridgehead atoms. The number of hydrogen-bond donors (Lipinski definition) is 0. The molecule has 0 radical (unpaired) electrons. The molecule has 2 aromatic heterocycles. The van der Waals surface area contributed by atoms with Crippen molar-refractivity contribution in [2.45, 2.75) is 39.3 Å². The van der Waals surface area contributed by atoms with Crippen LogP contribution in [0.5, 0.6) is 0 Å². The highest BCUT2D eigenvalue weighted by molar-refractivity contribution is 7.17. The largest absolute Gasteiger partial charge is 0.459 e. The van der Waals surface area contributed by atoms with E-state index in [1.54, 1.807) is 19.1 Å². The quantitative estimate of drug-likeness (QED) is 0.317. The first-order valence-electron chi connectivity index (χ1n) is 10.4. The molecule has 4 aromatic rings. The van der Waals surface area contributed by atoms with E-state index in [-0.39, 0.29) is 12.2 Å². The van der Waals surface area contributed by atoms with Gasteiger partial charge in [0.1, 0.15) is 17.5 Å². The van der Waals surface area contributed by atoms with E-state index in [1.807, 2.05) is 29.6 Å². The van der Waals surface area contributed by atoms with Crippen molar-refractivity contribution in [3.05, 3.63) is 86.7 Å². The molecule has 1 unspecified atom stereocenters. The molecule has 32 heavy (non-hydrogen) atoms. The van der Waals surface area contributed by atoms with E-state index in [9.17, 15) is 9.59 Å². The summed E-state index contributed by atoms with van der Waals surface area (Å²) in [7, 11) is 0. The predicted octanol–water partition coefficient (Wildman–Crippen LogP) is 6.21. The zero-order valence-corrected chi connectivity index (χ0v) is 19.6. The van der Waals surface area contributed by atoms with Gasteiger partial charge in [-0.25, -0.2) is 9.78 Å². The van der Waals surface area contributed by atoms with Crippen LogP contribution in [0.3, 0.4) is 0 Å². The van der Waals surface area contributed by atoms with Crippen LogP contribution in [0.2, 0.25) is 5.02 Å². The molecule has 164 valence electrons.